The van der Waals surface area contributed by atoms with Gasteiger partial charge in [0, 0.05) is 13.1 Å². The van der Waals surface area contributed by atoms with Gasteiger partial charge in [0.05, 0.1) is 17.5 Å². The van der Waals surface area contributed by atoms with Gasteiger partial charge >= 0.3 is 0 Å². The van der Waals surface area contributed by atoms with Gasteiger partial charge in [0.25, 0.3) is 0 Å². The summed E-state index contributed by atoms with van der Waals surface area (Å²) in [6, 6.07) is 3.73. The number of β-amino-alcohol motifs (C(OH)–C–C–N with tert-alkyl or cyclic N) is 1. The van der Waals surface area contributed by atoms with Gasteiger partial charge in [-0.2, -0.15) is 0 Å². The smallest absolute Gasteiger partial charge is 0.186 e. The van der Waals surface area contributed by atoms with Crippen LogP contribution < -0.4 is 0 Å². The van der Waals surface area contributed by atoms with Gasteiger partial charge in [-0.3, -0.25) is 9.69 Å². The molecule has 1 aromatic rings. The van der Waals surface area contributed by atoms with Crippen molar-refractivity contribution in [2.45, 2.75) is 12.5 Å². The Morgan fingerprint density at radius 1 is 1.71 bits per heavy atom. The number of ketones is 1. The number of hydrogen-bond donors (Lipinski definition) is 1. The van der Waals surface area contributed by atoms with Crippen LogP contribution in [0, 0.1) is 0 Å². The summed E-state index contributed by atoms with van der Waals surface area (Å²) in [7, 11) is 0. The lowest BCUT2D eigenvalue weighted by Gasteiger charge is -2.12. The minimum absolute atomic E-state index is 0.161. The average Bonchev–Trinajstić information content (AvgIpc) is 2.75. The molecule has 14 heavy (non-hydrogen) atoms. The Kier molecular flexibility index (Phi) is 2.96. The van der Waals surface area contributed by atoms with Crippen molar-refractivity contribution in [2.75, 3.05) is 19.6 Å². The molecule has 76 valence electrons. The van der Waals surface area contributed by atoms with E-state index in [0.29, 0.717) is 13.1 Å². The number of hydrogen-bond acceptors (Lipinski definition) is 4. The second-order valence-corrected chi connectivity index (χ2v) is 4.53. The van der Waals surface area contributed by atoms with E-state index in [9.17, 15) is 9.90 Å². The molecule has 0 bridgehead atoms. The van der Waals surface area contributed by atoms with Crippen LogP contribution in [-0.4, -0.2) is 41.5 Å². The molecule has 0 aliphatic carbocycles. The maximum atomic E-state index is 11.7. The van der Waals surface area contributed by atoms with Gasteiger partial charge in [0.15, 0.2) is 5.78 Å². The van der Waals surface area contributed by atoms with Crippen molar-refractivity contribution in [1.29, 1.82) is 0 Å². The van der Waals surface area contributed by atoms with E-state index in [1.165, 1.54) is 11.3 Å². The summed E-state index contributed by atoms with van der Waals surface area (Å²) >= 11 is 1.48. The number of thiophene rings is 1. The lowest BCUT2D eigenvalue weighted by atomic mass is 10.3. The van der Waals surface area contributed by atoms with Crippen molar-refractivity contribution in [3.63, 3.8) is 0 Å². The van der Waals surface area contributed by atoms with Crippen LogP contribution in [0.2, 0.25) is 0 Å². The number of Topliss-reactive ketones (excluding diaryl/α,β-unsaturated/α-hetero) is 1. The monoisotopic (exact) mass is 211 g/mol. The molecule has 1 aromatic heterocycles. The molecule has 0 spiro atoms. The van der Waals surface area contributed by atoms with Crippen LogP contribution in [-0.2, 0) is 0 Å². The van der Waals surface area contributed by atoms with Gasteiger partial charge in [-0.25, -0.2) is 0 Å². The minimum atomic E-state index is -0.244. The number of aliphatic hydroxyl groups is 1. The Balaban J connectivity index is 1.89. The molecule has 1 aliphatic heterocycles. The lowest BCUT2D eigenvalue weighted by Crippen LogP contribution is -2.28. The standard InChI is InChI=1S/C10H13NO2S/c12-8-3-4-11(6-8)7-9(13)10-2-1-5-14-10/h1-2,5,8,12H,3-4,6-7H2/t8-/m1/s1. The maximum absolute atomic E-state index is 11.7. The second-order valence-electron chi connectivity index (χ2n) is 3.58. The van der Waals surface area contributed by atoms with Crippen LogP contribution in [0.3, 0.4) is 0 Å². The van der Waals surface area contributed by atoms with E-state index in [2.05, 4.69) is 0 Å². The third kappa shape index (κ3) is 2.20. The summed E-state index contributed by atoms with van der Waals surface area (Å²) < 4.78 is 0. The van der Waals surface area contributed by atoms with Crippen LogP contribution in [0.25, 0.3) is 0 Å². The zero-order chi connectivity index (χ0) is 9.97. The number of carbonyl (C=O) groups is 1. The van der Waals surface area contributed by atoms with E-state index >= 15 is 0 Å². The third-order valence-corrected chi connectivity index (χ3v) is 3.32. The maximum Gasteiger partial charge on any atom is 0.186 e. The van der Waals surface area contributed by atoms with Gasteiger partial charge in [-0.05, 0) is 17.9 Å². The Hall–Kier alpha value is -0.710. The van der Waals surface area contributed by atoms with Crippen LogP contribution in [0.4, 0.5) is 0 Å². The molecular formula is C10H13NO2S. The third-order valence-electron chi connectivity index (χ3n) is 2.41. The van der Waals surface area contributed by atoms with Crippen LogP contribution in [0.15, 0.2) is 17.5 Å². The van der Waals surface area contributed by atoms with E-state index in [4.69, 9.17) is 0 Å². The molecule has 1 atom stereocenters. The number of carbonyl (C=O) groups excluding carboxylic acids is 1. The first-order valence-electron chi connectivity index (χ1n) is 4.73. The van der Waals surface area contributed by atoms with Gasteiger partial charge in [0.2, 0.25) is 0 Å². The molecular weight excluding hydrogens is 198 g/mol. The molecule has 1 saturated heterocycles. The van der Waals surface area contributed by atoms with Crippen molar-refractivity contribution in [3.8, 4) is 0 Å². The van der Waals surface area contributed by atoms with Crippen molar-refractivity contribution < 1.29 is 9.90 Å². The largest absolute Gasteiger partial charge is 0.392 e. The highest BCUT2D eigenvalue weighted by molar-refractivity contribution is 7.12. The Bertz CT molecular complexity index is 310. The molecule has 4 heteroatoms. The van der Waals surface area contributed by atoms with E-state index in [0.717, 1.165) is 17.8 Å². The van der Waals surface area contributed by atoms with Crippen molar-refractivity contribution in [1.82, 2.24) is 4.90 Å². The highest BCUT2D eigenvalue weighted by Gasteiger charge is 2.22. The fraction of sp³-hybridized carbons (Fsp3) is 0.500. The molecule has 0 saturated carbocycles. The van der Waals surface area contributed by atoms with E-state index in [-0.39, 0.29) is 11.9 Å². The highest BCUT2D eigenvalue weighted by atomic mass is 32.1. The Labute approximate surface area is 87.0 Å². The summed E-state index contributed by atoms with van der Waals surface area (Å²) in [6.45, 7) is 1.91. The van der Waals surface area contributed by atoms with E-state index < -0.39 is 0 Å². The van der Waals surface area contributed by atoms with Crippen LogP contribution in [0.5, 0.6) is 0 Å². The number of likely N-dealkylation sites (tertiary alicyclic amines) is 1. The summed E-state index contributed by atoms with van der Waals surface area (Å²) in [5, 5.41) is 11.2. The second kappa shape index (κ2) is 4.21. The van der Waals surface area contributed by atoms with Crippen molar-refractivity contribution >= 4 is 17.1 Å². The van der Waals surface area contributed by atoms with Crippen LogP contribution >= 0.6 is 11.3 Å². The molecule has 0 amide bonds. The van der Waals surface area contributed by atoms with Gasteiger partial charge in [-0.1, -0.05) is 6.07 Å². The summed E-state index contributed by atoms with van der Waals surface area (Å²) in [4.78, 5) is 14.5. The van der Waals surface area contributed by atoms with Gasteiger partial charge in [-0.15, -0.1) is 11.3 Å². The number of rotatable bonds is 3. The fourth-order valence-corrected chi connectivity index (χ4v) is 2.33. The Morgan fingerprint density at radius 2 is 2.57 bits per heavy atom. The van der Waals surface area contributed by atoms with Gasteiger partial charge < -0.3 is 5.11 Å². The number of aliphatic hydroxyl groups excluding tert-OH is 1. The molecule has 0 aromatic carbocycles. The van der Waals surface area contributed by atoms with Crippen molar-refractivity contribution in [2.24, 2.45) is 0 Å². The molecule has 2 heterocycles. The quantitative estimate of drug-likeness (QED) is 0.758. The molecule has 1 fully saturated rings. The summed E-state index contributed by atoms with van der Waals surface area (Å²) in [6.07, 6.45) is 0.545. The minimum Gasteiger partial charge on any atom is -0.392 e. The topological polar surface area (TPSA) is 40.5 Å². The first-order valence-corrected chi connectivity index (χ1v) is 5.61. The SMILES string of the molecule is O=C(CN1CC[C@@H](O)C1)c1cccs1. The molecule has 0 unspecified atom stereocenters. The number of nitrogens with zero attached hydrogens (tertiary/aromatic N) is 1. The van der Waals surface area contributed by atoms with E-state index in [1.54, 1.807) is 0 Å². The molecule has 0 radical (unpaired) electrons. The molecule has 1 aliphatic rings. The molecule has 2 rings (SSSR count). The zero-order valence-electron chi connectivity index (χ0n) is 7.85. The average molecular weight is 211 g/mol. The molecule has 1 N–H and O–H groups in total. The summed E-state index contributed by atoms with van der Waals surface area (Å²) in [5.41, 5.74) is 0. The summed E-state index contributed by atoms with van der Waals surface area (Å²) in [5.74, 6) is 0.161. The normalized spacial score (nSPS) is 22.8. The van der Waals surface area contributed by atoms with Crippen LogP contribution in [0.1, 0.15) is 16.1 Å². The van der Waals surface area contributed by atoms with E-state index in [1.807, 2.05) is 22.4 Å². The highest BCUT2D eigenvalue weighted by Crippen LogP contribution is 2.13. The first-order chi connectivity index (χ1) is 6.75. The van der Waals surface area contributed by atoms with Gasteiger partial charge in [0.1, 0.15) is 0 Å². The zero-order valence-corrected chi connectivity index (χ0v) is 8.67. The first kappa shape index (κ1) is 9.83. The predicted octanol–water partition coefficient (Wildman–Crippen LogP) is 0.997. The molecule has 3 nitrogen and oxygen atoms in total. The lowest BCUT2D eigenvalue weighted by molar-refractivity contribution is 0.0939. The fourth-order valence-electron chi connectivity index (χ4n) is 1.67. The predicted molar refractivity (Wildman–Crippen MR) is 55.7 cm³/mol. The van der Waals surface area contributed by atoms with Crippen molar-refractivity contribution in [3.05, 3.63) is 22.4 Å². The Morgan fingerprint density at radius 3 is 3.14 bits per heavy atom.